The van der Waals surface area contributed by atoms with Crippen LogP contribution in [0.3, 0.4) is 0 Å². The van der Waals surface area contributed by atoms with E-state index in [0.29, 0.717) is 65.3 Å². The highest BCUT2D eigenvalue weighted by Gasteiger charge is 2.30. The summed E-state index contributed by atoms with van der Waals surface area (Å²) in [6.45, 7) is 5.94. The fourth-order valence-corrected chi connectivity index (χ4v) is 1.83. The predicted molar refractivity (Wildman–Crippen MR) is 80.4 cm³/mol. The lowest BCUT2D eigenvalue weighted by Crippen LogP contribution is -2.37. The van der Waals surface area contributed by atoms with Gasteiger partial charge >= 0.3 is 0 Å². The van der Waals surface area contributed by atoms with Crippen LogP contribution in [0.25, 0.3) is 0 Å². The van der Waals surface area contributed by atoms with Gasteiger partial charge in [-0.15, -0.1) is 6.58 Å². The van der Waals surface area contributed by atoms with Crippen LogP contribution in [-0.4, -0.2) is 39.6 Å². The van der Waals surface area contributed by atoms with Gasteiger partial charge in [0.25, 0.3) is 0 Å². The highest BCUT2D eigenvalue weighted by molar-refractivity contribution is 4.87. The van der Waals surface area contributed by atoms with E-state index in [9.17, 15) is 0 Å². The first-order valence-electron chi connectivity index (χ1n) is 7.19. The van der Waals surface area contributed by atoms with Gasteiger partial charge in [0.2, 0.25) is 0 Å². The molecule has 0 aromatic carbocycles. The lowest BCUT2D eigenvalue weighted by molar-refractivity contribution is -0.0659. The molecule has 0 aromatic heterocycles. The third kappa shape index (κ3) is 9.91. The van der Waals surface area contributed by atoms with Gasteiger partial charge in [-0.2, -0.15) is 15.8 Å². The van der Waals surface area contributed by atoms with Crippen molar-refractivity contribution >= 4 is 0 Å². The van der Waals surface area contributed by atoms with Gasteiger partial charge in [0.05, 0.1) is 77.1 Å². The van der Waals surface area contributed by atoms with E-state index in [2.05, 4.69) is 6.58 Å². The fourth-order valence-electron chi connectivity index (χ4n) is 1.83. The first-order chi connectivity index (χ1) is 10.7. The lowest BCUT2D eigenvalue weighted by atomic mass is 9.87. The second-order valence-corrected chi connectivity index (χ2v) is 4.87. The van der Waals surface area contributed by atoms with Crippen molar-refractivity contribution < 1.29 is 14.2 Å². The molecule has 6 heteroatoms. The average molecular weight is 305 g/mol. The van der Waals surface area contributed by atoms with Crippen molar-refractivity contribution in [3.63, 3.8) is 0 Å². The monoisotopic (exact) mass is 305 g/mol. The first kappa shape index (κ1) is 20.1. The molecule has 6 nitrogen and oxygen atoms in total. The van der Waals surface area contributed by atoms with Crippen LogP contribution >= 0.6 is 0 Å². The van der Waals surface area contributed by atoms with Gasteiger partial charge in [0, 0.05) is 5.41 Å². The van der Waals surface area contributed by atoms with E-state index in [1.807, 2.05) is 18.2 Å². The third-order valence-corrected chi connectivity index (χ3v) is 2.88. The minimum Gasteiger partial charge on any atom is -0.380 e. The molecular weight excluding hydrogens is 282 g/mol. The van der Waals surface area contributed by atoms with Crippen molar-refractivity contribution in [2.24, 2.45) is 5.41 Å². The summed E-state index contributed by atoms with van der Waals surface area (Å²) in [7, 11) is 0. The van der Waals surface area contributed by atoms with Gasteiger partial charge in [-0.3, -0.25) is 0 Å². The quantitative estimate of drug-likeness (QED) is 0.361. The Labute approximate surface area is 132 Å². The summed E-state index contributed by atoms with van der Waals surface area (Å²) in [6, 6.07) is 6.08. The molecule has 0 aromatic rings. The second-order valence-electron chi connectivity index (χ2n) is 4.87. The maximum absolute atomic E-state index is 8.54. The normalized spacial score (nSPS) is 10.4. The summed E-state index contributed by atoms with van der Waals surface area (Å²) in [5.74, 6) is 0. The molecule has 0 aliphatic rings. The van der Waals surface area contributed by atoms with E-state index in [-0.39, 0.29) is 0 Å². The largest absolute Gasteiger partial charge is 0.380 e. The highest BCUT2D eigenvalue weighted by Crippen LogP contribution is 2.25. The number of allylic oxidation sites excluding steroid dienone is 1. The Balaban J connectivity index is 4.54. The van der Waals surface area contributed by atoms with E-state index in [4.69, 9.17) is 30.0 Å². The fraction of sp³-hybridized carbons (Fsp3) is 0.688. The second kappa shape index (κ2) is 14.0. The molecule has 0 saturated carbocycles. The number of ether oxygens (including phenoxy) is 3. The SMILES string of the molecule is C=CCC(COCCC#N)(COCCC#N)COCCC#N. The van der Waals surface area contributed by atoms with Gasteiger partial charge in [-0.1, -0.05) is 6.08 Å². The predicted octanol–water partition coefficient (Wildman–Crippen LogP) is 2.34. The maximum Gasteiger partial charge on any atom is 0.0645 e. The zero-order valence-corrected chi connectivity index (χ0v) is 12.9. The number of hydrogen-bond acceptors (Lipinski definition) is 6. The molecule has 0 heterocycles. The molecule has 0 unspecified atom stereocenters. The van der Waals surface area contributed by atoms with Crippen LogP contribution in [0.4, 0.5) is 0 Å². The summed E-state index contributed by atoms with van der Waals surface area (Å²) in [4.78, 5) is 0. The van der Waals surface area contributed by atoms with Crippen molar-refractivity contribution in [3.8, 4) is 18.2 Å². The van der Waals surface area contributed by atoms with Crippen molar-refractivity contribution in [2.45, 2.75) is 25.7 Å². The lowest BCUT2D eigenvalue weighted by Gasteiger charge is -2.32. The maximum atomic E-state index is 8.54. The first-order valence-corrected chi connectivity index (χ1v) is 7.19. The minimum atomic E-state index is -0.415. The van der Waals surface area contributed by atoms with Crippen LogP contribution in [0, 0.1) is 39.4 Å². The Hall–Kier alpha value is -1.91. The molecule has 0 radical (unpaired) electrons. The van der Waals surface area contributed by atoms with Gasteiger partial charge < -0.3 is 14.2 Å². The molecule has 0 atom stereocenters. The smallest absolute Gasteiger partial charge is 0.0645 e. The molecule has 0 spiro atoms. The van der Waals surface area contributed by atoms with Crippen LogP contribution in [0.15, 0.2) is 12.7 Å². The Kier molecular flexibility index (Phi) is 12.8. The molecule has 0 rings (SSSR count). The zero-order valence-electron chi connectivity index (χ0n) is 12.9. The van der Waals surface area contributed by atoms with Gasteiger partial charge in [-0.05, 0) is 6.42 Å². The van der Waals surface area contributed by atoms with E-state index >= 15 is 0 Å². The van der Waals surface area contributed by atoms with E-state index < -0.39 is 5.41 Å². The van der Waals surface area contributed by atoms with Crippen molar-refractivity contribution in [2.75, 3.05) is 39.6 Å². The van der Waals surface area contributed by atoms with Gasteiger partial charge in [0.1, 0.15) is 0 Å². The topological polar surface area (TPSA) is 99.1 Å². The summed E-state index contributed by atoms with van der Waals surface area (Å²) in [6.07, 6.45) is 3.38. The van der Waals surface area contributed by atoms with Crippen LogP contribution in [0.1, 0.15) is 25.7 Å². The average Bonchev–Trinajstić information content (AvgIpc) is 2.53. The van der Waals surface area contributed by atoms with Crippen LogP contribution in [-0.2, 0) is 14.2 Å². The molecule has 0 aliphatic carbocycles. The molecule has 0 aliphatic heterocycles. The number of hydrogen-bond donors (Lipinski definition) is 0. The standard InChI is InChI=1S/C16H23N3O3/c1-2-6-16(13-20-10-3-7-17,14-21-11-4-8-18)15-22-12-5-9-19/h2H,1,3-6,10-15H2. The summed E-state index contributed by atoms with van der Waals surface area (Å²) in [5, 5.41) is 25.6. The molecule has 0 N–H and O–H groups in total. The van der Waals surface area contributed by atoms with E-state index in [1.54, 1.807) is 6.08 Å². The molecular formula is C16H23N3O3. The van der Waals surface area contributed by atoms with E-state index in [0.717, 1.165) is 0 Å². The van der Waals surface area contributed by atoms with Gasteiger partial charge in [-0.25, -0.2) is 0 Å². The summed E-state index contributed by atoms with van der Waals surface area (Å²) >= 11 is 0. The Bertz CT molecular complexity index is 363. The Morgan fingerprint density at radius 2 is 1.14 bits per heavy atom. The summed E-state index contributed by atoms with van der Waals surface area (Å²) < 4.78 is 16.6. The van der Waals surface area contributed by atoms with Crippen LogP contribution < -0.4 is 0 Å². The molecule has 0 saturated heterocycles. The molecule has 0 bridgehead atoms. The number of rotatable bonds is 14. The van der Waals surface area contributed by atoms with Crippen LogP contribution in [0.2, 0.25) is 0 Å². The van der Waals surface area contributed by atoms with Gasteiger partial charge in [0.15, 0.2) is 0 Å². The third-order valence-electron chi connectivity index (χ3n) is 2.88. The Morgan fingerprint density at radius 3 is 1.41 bits per heavy atom. The molecule has 0 fully saturated rings. The van der Waals surface area contributed by atoms with Crippen molar-refractivity contribution in [1.82, 2.24) is 0 Å². The number of nitrogens with zero attached hydrogens (tertiary/aromatic N) is 3. The van der Waals surface area contributed by atoms with Crippen LogP contribution in [0.5, 0.6) is 0 Å². The zero-order chi connectivity index (χ0) is 16.5. The van der Waals surface area contributed by atoms with E-state index in [1.165, 1.54) is 0 Å². The summed E-state index contributed by atoms with van der Waals surface area (Å²) in [5.41, 5.74) is -0.415. The molecule has 22 heavy (non-hydrogen) atoms. The van der Waals surface area contributed by atoms with Crippen molar-refractivity contribution in [1.29, 1.82) is 15.8 Å². The Morgan fingerprint density at radius 1 is 0.773 bits per heavy atom. The molecule has 0 amide bonds. The number of nitriles is 3. The molecule has 120 valence electrons. The van der Waals surface area contributed by atoms with Crippen molar-refractivity contribution in [3.05, 3.63) is 12.7 Å². The highest BCUT2D eigenvalue weighted by atomic mass is 16.5. The minimum absolute atomic E-state index is 0.328.